The maximum atomic E-state index is 6.30. The third-order valence-corrected chi connectivity index (χ3v) is 3.01. The molecule has 4 heteroatoms. The summed E-state index contributed by atoms with van der Waals surface area (Å²) in [6.45, 7) is 6.04. The summed E-state index contributed by atoms with van der Waals surface area (Å²) in [4.78, 5) is 3.99. The molecule has 0 amide bonds. The van der Waals surface area contributed by atoms with Crippen LogP contribution in [-0.4, -0.2) is 19.3 Å². The van der Waals surface area contributed by atoms with E-state index in [-0.39, 0.29) is 0 Å². The normalized spacial score (nSPS) is 11.4. The zero-order valence-electron chi connectivity index (χ0n) is 9.94. The molecule has 0 heterocycles. The third-order valence-electron chi connectivity index (χ3n) is 2.21. The highest BCUT2D eigenvalue weighted by Gasteiger charge is 2.12. The van der Waals surface area contributed by atoms with E-state index in [9.17, 15) is 0 Å². The zero-order chi connectivity index (χ0) is 12.3. The van der Waals surface area contributed by atoms with E-state index >= 15 is 0 Å². The number of aliphatic imine (C=N–C) groups is 1. The maximum absolute atomic E-state index is 6.30. The lowest BCUT2D eigenvalue weighted by molar-refractivity contribution is 0.899. The summed E-state index contributed by atoms with van der Waals surface area (Å²) in [5, 5.41) is 4.63. The molecule has 1 aromatic rings. The molecule has 0 aliphatic heterocycles. The van der Waals surface area contributed by atoms with E-state index in [1.165, 1.54) is 0 Å². The van der Waals surface area contributed by atoms with Crippen LogP contribution in [0.1, 0.15) is 25.0 Å². The zero-order valence-corrected chi connectivity index (χ0v) is 11.4. The second-order valence-electron chi connectivity index (χ2n) is 3.94. The first kappa shape index (κ1) is 13.3. The van der Waals surface area contributed by atoms with Crippen LogP contribution >= 0.6 is 23.2 Å². The highest BCUT2D eigenvalue weighted by Crippen LogP contribution is 2.33. The molecule has 0 bridgehead atoms. The minimum atomic E-state index is 0.308. The topological polar surface area (TPSA) is 24.4 Å². The van der Waals surface area contributed by atoms with Gasteiger partial charge >= 0.3 is 0 Å². The van der Waals surface area contributed by atoms with Crippen LogP contribution in [0, 0.1) is 6.92 Å². The van der Waals surface area contributed by atoms with Crippen LogP contribution in [0.5, 0.6) is 0 Å². The third kappa shape index (κ3) is 2.89. The number of rotatable bonds is 3. The van der Waals surface area contributed by atoms with Crippen molar-refractivity contribution in [3.63, 3.8) is 0 Å². The van der Waals surface area contributed by atoms with Crippen LogP contribution in [0.3, 0.4) is 0 Å². The number of halogens is 2. The van der Waals surface area contributed by atoms with Crippen molar-refractivity contribution in [1.82, 2.24) is 0 Å². The average molecular weight is 259 g/mol. The molecule has 1 N–H and O–H groups in total. The Morgan fingerprint density at radius 3 is 2.50 bits per heavy atom. The van der Waals surface area contributed by atoms with Crippen LogP contribution in [-0.2, 0) is 0 Å². The Morgan fingerprint density at radius 1 is 1.38 bits per heavy atom. The molecule has 0 radical (unpaired) electrons. The number of nitrogens with zero attached hydrogens (tertiary/aromatic N) is 1. The largest absolute Gasteiger partial charge is 0.382 e. The van der Waals surface area contributed by atoms with Gasteiger partial charge in [0, 0.05) is 29.9 Å². The Kier molecular flexibility index (Phi) is 4.63. The molecule has 0 saturated carbocycles. The van der Waals surface area contributed by atoms with Crippen LogP contribution in [0.15, 0.2) is 11.1 Å². The SMILES string of the molecule is CN=Cc1c(C)c(Cl)cc(NC(C)C)c1Cl. The van der Waals surface area contributed by atoms with Gasteiger partial charge in [0.1, 0.15) is 0 Å². The fourth-order valence-electron chi connectivity index (χ4n) is 1.44. The van der Waals surface area contributed by atoms with Crippen molar-refractivity contribution in [2.75, 3.05) is 12.4 Å². The van der Waals surface area contributed by atoms with E-state index in [1.807, 2.05) is 13.0 Å². The molecule has 0 fully saturated rings. The van der Waals surface area contributed by atoms with Gasteiger partial charge in [-0.15, -0.1) is 0 Å². The Hall–Kier alpha value is -0.730. The van der Waals surface area contributed by atoms with Crippen molar-refractivity contribution in [2.45, 2.75) is 26.8 Å². The fourth-order valence-corrected chi connectivity index (χ4v) is 1.95. The number of benzene rings is 1. The van der Waals surface area contributed by atoms with Gasteiger partial charge in [-0.3, -0.25) is 4.99 Å². The van der Waals surface area contributed by atoms with Gasteiger partial charge in [0.15, 0.2) is 0 Å². The second kappa shape index (κ2) is 5.55. The van der Waals surface area contributed by atoms with Crippen LogP contribution in [0.25, 0.3) is 0 Å². The monoisotopic (exact) mass is 258 g/mol. The minimum Gasteiger partial charge on any atom is -0.382 e. The first-order chi connectivity index (χ1) is 7.47. The molecular formula is C12H16Cl2N2. The smallest absolute Gasteiger partial charge is 0.0728 e. The van der Waals surface area contributed by atoms with Gasteiger partial charge in [0.05, 0.1) is 10.7 Å². The Bertz CT molecular complexity index is 412. The second-order valence-corrected chi connectivity index (χ2v) is 4.73. The van der Waals surface area contributed by atoms with Crippen molar-refractivity contribution in [2.24, 2.45) is 4.99 Å². The highest BCUT2D eigenvalue weighted by molar-refractivity contribution is 6.38. The van der Waals surface area contributed by atoms with Crippen molar-refractivity contribution in [3.8, 4) is 0 Å². The molecule has 0 aliphatic carbocycles. The van der Waals surface area contributed by atoms with E-state index in [0.717, 1.165) is 16.8 Å². The van der Waals surface area contributed by atoms with E-state index in [4.69, 9.17) is 23.2 Å². The van der Waals surface area contributed by atoms with Crippen molar-refractivity contribution < 1.29 is 0 Å². The molecule has 2 nitrogen and oxygen atoms in total. The van der Waals surface area contributed by atoms with Gasteiger partial charge < -0.3 is 5.32 Å². The highest BCUT2D eigenvalue weighted by atomic mass is 35.5. The number of hydrogen-bond acceptors (Lipinski definition) is 2. The summed E-state index contributed by atoms with van der Waals surface area (Å²) in [7, 11) is 1.71. The molecular weight excluding hydrogens is 243 g/mol. The average Bonchev–Trinajstić information content (AvgIpc) is 2.20. The van der Waals surface area contributed by atoms with Gasteiger partial charge in [-0.2, -0.15) is 0 Å². The number of hydrogen-bond donors (Lipinski definition) is 1. The summed E-state index contributed by atoms with van der Waals surface area (Å²) in [6.07, 6.45) is 1.73. The predicted molar refractivity (Wildman–Crippen MR) is 73.5 cm³/mol. The van der Waals surface area contributed by atoms with Gasteiger partial charge in [-0.25, -0.2) is 0 Å². The lowest BCUT2D eigenvalue weighted by Crippen LogP contribution is -2.11. The summed E-state index contributed by atoms with van der Waals surface area (Å²) in [5.41, 5.74) is 2.67. The molecule has 88 valence electrons. The van der Waals surface area contributed by atoms with Crippen molar-refractivity contribution >= 4 is 35.1 Å². The Balaban J connectivity index is 3.32. The molecule has 1 rings (SSSR count). The molecule has 0 unspecified atom stereocenters. The summed E-state index contributed by atoms with van der Waals surface area (Å²) >= 11 is 12.4. The van der Waals surface area contributed by atoms with Crippen LogP contribution in [0.4, 0.5) is 5.69 Å². The van der Waals surface area contributed by atoms with Crippen molar-refractivity contribution in [3.05, 3.63) is 27.2 Å². The predicted octanol–water partition coefficient (Wildman–Crippen LogP) is 4.17. The van der Waals surface area contributed by atoms with E-state index in [0.29, 0.717) is 16.1 Å². The lowest BCUT2D eigenvalue weighted by atomic mass is 10.1. The molecule has 0 aromatic heterocycles. The Labute approximate surface area is 107 Å². The first-order valence-electron chi connectivity index (χ1n) is 5.14. The molecule has 1 aromatic carbocycles. The van der Waals surface area contributed by atoms with Gasteiger partial charge in [-0.05, 0) is 32.4 Å². The van der Waals surface area contributed by atoms with Crippen LogP contribution < -0.4 is 5.32 Å². The van der Waals surface area contributed by atoms with Gasteiger partial charge in [0.2, 0.25) is 0 Å². The van der Waals surface area contributed by atoms with Gasteiger partial charge in [0.25, 0.3) is 0 Å². The van der Waals surface area contributed by atoms with E-state index in [1.54, 1.807) is 13.3 Å². The molecule has 0 atom stereocenters. The Morgan fingerprint density at radius 2 is 2.00 bits per heavy atom. The summed E-state index contributed by atoms with van der Waals surface area (Å²) in [5.74, 6) is 0. The summed E-state index contributed by atoms with van der Waals surface area (Å²) < 4.78 is 0. The molecule has 0 spiro atoms. The van der Waals surface area contributed by atoms with Crippen LogP contribution in [0.2, 0.25) is 10.0 Å². The van der Waals surface area contributed by atoms with Gasteiger partial charge in [-0.1, -0.05) is 23.2 Å². The standard InChI is InChI=1S/C12H16Cl2N2/c1-7(2)16-11-5-10(13)8(3)9(6-15-4)12(11)14/h5-7,16H,1-4H3. The van der Waals surface area contributed by atoms with E-state index < -0.39 is 0 Å². The van der Waals surface area contributed by atoms with Crippen molar-refractivity contribution in [1.29, 1.82) is 0 Å². The maximum Gasteiger partial charge on any atom is 0.0728 e. The quantitative estimate of drug-likeness (QED) is 0.809. The molecule has 0 saturated heterocycles. The van der Waals surface area contributed by atoms with E-state index in [2.05, 4.69) is 24.2 Å². The first-order valence-corrected chi connectivity index (χ1v) is 5.90. The molecule has 16 heavy (non-hydrogen) atoms. The lowest BCUT2D eigenvalue weighted by Gasteiger charge is -2.15. The minimum absolute atomic E-state index is 0.308. The number of anilines is 1. The summed E-state index contributed by atoms with van der Waals surface area (Å²) in [6, 6.07) is 2.16. The fraction of sp³-hybridized carbons (Fsp3) is 0.417. The number of nitrogens with one attached hydrogen (secondary N) is 1. The molecule has 0 aliphatic rings.